The Kier molecular flexibility index (Phi) is 3.68. The standard InChI is InChI=1S/C17H18BrN3O/c1-17(2,3)12-8-11(10-18)9-15(16(12)22)21-19-13-6-4-5-7-14(13)20-21/h4-9,22H,10H2,1-3H3. The van der Waals surface area contributed by atoms with Gasteiger partial charge in [-0.3, -0.25) is 0 Å². The third-order valence-corrected chi connectivity index (χ3v) is 4.26. The van der Waals surface area contributed by atoms with E-state index in [1.807, 2.05) is 36.4 Å². The minimum atomic E-state index is -0.163. The minimum Gasteiger partial charge on any atom is -0.505 e. The van der Waals surface area contributed by atoms with E-state index in [-0.39, 0.29) is 11.2 Å². The topological polar surface area (TPSA) is 50.9 Å². The number of phenolic OH excluding ortho intramolecular Hbond substituents is 1. The van der Waals surface area contributed by atoms with Gasteiger partial charge in [-0.1, -0.05) is 54.9 Å². The van der Waals surface area contributed by atoms with Gasteiger partial charge in [-0.15, -0.1) is 15.0 Å². The number of benzene rings is 2. The lowest BCUT2D eigenvalue weighted by Crippen LogP contribution is -2.13. The van der Waals surface area contributed by atoms with Crippen LogP contribution in [0.15, 0.2) is 36.4 Å². The molecule has 5 heteroatoms. The first-order chi connectivity index (χ1) is 10.4. The molecule has 0 saturated heterocycles. The Labute approximate surface area is 137 Å². The van der Waals surface area contributed by atoms with Gasteiger partial charge in [-0.2, -0.15) is 0 Å². The number of hydrogen-bond donors (Lipinski definition) is 1. The summed E-state index contributed by atoms with van der Waals surface area (Å²) in [5.74, 6) is 0.234. The van der Waals surface area contributed by atoms with Crippen molar-refractivity contribution in [1.29, 1.82) is 0 Å². The SMILES string of the molecule is CC(C)(C)c1cc(CBr)cc(-n2nc3ccccc3n2)c1O. The van der Waals surface area contributed by atoms with Crippen LogP contribution in [0.4, 0.5) is 0 Å². The number of aromatic nitrogens is 3. The first-order valence-corrected chi connectivity index (χ1v) is 8.27. The molecule has 3 aromatic rings. The van der Waals surface area contributed by atoms with Gasteiger partial charge in [-0.25, -0.2) is 0 Å². The predicted octanol–water partition coefficient (Wildman–Crippen LogP) is 4.32. The van der Waals surface area contributed by atoms with Crippen molar-refractivity contribution in [2.24, 2.45) is 0 Å². The van der Waals surface area contributed by atoms with E-state index in [0.29, 0.717) is 11.0 Å². The molecule has 0 aliphatic rings. The molecule has 0 amide bonds. The Morgan fingerprint density at radius 2 is 1.68 bits per heavy atom. The Balaban J connectivity index is 2.25. The number of rotatable bonds is 2. The van der Waals surface area contributed by atoms with Gasteiger partial charge in [0.25, 0.3) is 0 Å². The number of alkyl halides is 1. The summed E-state index contributed by atoms with van der Waals surface area (Å²) in [6.07, 6.45) is 0. The normalized spacial score (nSPS) is 12.0. The van der Waals surface area contributed by atoms with E-state index < -0.39 is 0 Å². The van der Waals surface area contributed by atoms with E-state index in [9.17, 15) is 5.11 Å². The third-order valence-electron chi connectivity index (χ3n) is 3.61. The summed E-state index contributed by atoms with van der Waals surface area (Å²) in [7, 11) is 0. The Bertz CT molecular complexity index is 801. The maximum absolute atomic E-state index is 10.7. The van der Waals surface area contributed by atoms with Crippen LogP contribution in [-0.4, -0.2) is 20.1 Å². The van der Waals surface area contributed by atoms with Gasteiger partial charge in [-0.05, 0) is 29.2 Å². The second kappa shape index (κ2) is 5.39. The lowest BCUT2D eigenvalue weighted by molar-refractivity contribution is 0.440. The van der Waals surface area contributed by atoms with Gasteiger partial charge in [0.05, 0.1) is 0 Å². The maximum atomic E-state index is 10.7. The lowest BCUT2D eigenvalue weighted by Gasteiger charge is -2.22. The first kappa shape index (κ1) is 15.0. The van der Waals surface area contributed by atoms with Crippen LogP contribution >= 0.6 is 15.9 Å². The highest BCUT2D eigenvalue weighted by Crippen LogP contribution is 2.36. The van der Waals surface area contributed by atoms with Crippen LogP contribution in [-0.2, 0) is 10.7 Å². The summed E-state index contributed by atoms with van der Waals surface area (Å²) in [6, 6.07) is 11.6. The van der Waals surface area contributed by atoms with Crippen molar-refractivity contribution in [2.75, 3.05) is 0 Å². The Hall–Kier alpha value is -1.88. The molecule has 1 aromatic heterocycles. The van der Waals surface area contributed by atoms with Crippen LogP contribution in [0.25, 0.3) is 16.7 Å². The van der Waals surface area contributed by atoms with Gasteiger partial charge in [0, 0.05) is 10.9 Å². The Morgan fingerprint density at radius 3 is 2.18 bits per heavy atom. The average molecular weight is 360 g/mol. The number of hydrogen-bond acceptors (Lipinski definition) is 3. The van der Waals surface area contributed by atoms with E-state index >= 15 is 0 Å². The summed E-state index contributed by atoms with van der Waals surface area (Å²) >= 11 is 3.49. The zero-order valence-electron chi connectivity index (χ0n) is 12.8. The van der Waals surface area contributed by atoms with Crippen molar-refractivity contribution in [3.8, 4) is 11.4 Å². The number of halogens is 1. The lowest BCUT2D eigenvalue weighted by atomic mass is 9.85. The summed E-state index contributed by atoms with van der Waals surface area (Å²) in [6.45, 7) is 6.24. The molecule has 4 nitrogen and oxygen atoms in total. The number of nitrogens with zero attached hydrogens (tertiary/aromatic N) is 3. The van der Waals surface area contributed by atoms with Gasteiger partial charge >= 0.3 is 0 Å². The van der Waals surface area contributed by atoms with Crippen LogP contribution in [0.1, 0.15) is 31.9 Å². The second-order valence-corrected chi connectivity index (χ2v) is 6.93. The van der Waals surface area contributed by atoms with Crippen LogP contribution in [0, 0.1) is 0 Å². The molecule has 0 bridgehead atoms. The molecular weight excluding hydrogens is 342 g/mol. The van der Waals surface area contributed by atoms with Gasteiger partial charge in [0.2, 0.25) is 0 Å². The maximum Gasteiger partial charge on any atom is 0.146 e. The molecule has 0 aliphatic carbocycles. The van der Waals surface area contributed by atoms with Crippen molar-refractivity contribution in [2.45, 2.75) is 31.5 Å². The van der Waals surface area contributed by atoms with Gasteiger partial charge in [0.15, 0.2) is 0 Å². The van der Waals surface area contributed by atoms with E-state index in [0.717, 1.165) is 22.2 Å². The molecular formula is C17H18BrN3O. The zero-order chi connectivity index (χ0) is 15.9. The molecule has 0 radical (unpaired) electrons. The number of fused-ring (bicyclic) bond motifs is 1. The monoisotopic (exact) mass is 359 g/mol. The van der Waals surface area contributed by atoms with Crippen molar-refractivity contribution in [1.82, 2.24) is 15.0 Å². The van der Waals surface area contributed by atoms with Gasteiger partial charge < -0.3 is 5.11 Å². The quantitative estimate of drug-likeness (QED) is 0.693. The highest BCUT2D eigenvalue weighted by atomic mass is 79.9. The van der Waals surface area contributed by atoms with Gasteiger partial charge in [0.1, 0.15) is 22.5 Å². The summed E-state index contributed by atoms with van der Waals surface area (Å²) in [5, 5.41) is 20.4. The molecule has 114 valence electrons. The molecule has 0 saturated carbocycles. The number of phenols is 1. The van der Waals surface area contributed by atoms with Crippen LogP contribution in [0.2, 0.25) is 0 Å². The smallest absolute Gasteiger partial charge is 0.146 e. The van der Waals surface area contributed by atoms with Crippen LogP contribution in [0.3, 0.4) is 0 Å². The largest absolute Gasteiger partial charge is 0.505 e. The first-order valence-electron chi connectivity index (χ1n) is 7.15. The fourth-order valence-corrected chi connectivity index (χ4v) is 2.77. The van der Waals surface area contributed by atoms with Crippen molar-refractivity contribution in [3.63, 3.8) is 0 Å². The number of aromatic hydroxyl groups is 1. The average Bonchev–Trinajstić information content (AvgIpc) is 2.90. The fourth-order valence-electron chi connectivity index (χ4n) is 2.45. The summed E-state index contributed by atoms with van der Waals surface area (Å²) in [4.78, 5) is 1.52. The third kappa shape index (κ3) is 2.61. The fraction of sp³-hybridized carbons (Fsp3) is 0.294. The van der Waals surface area contributed by atoms with E-state index in [1.165, 1.54) is 4.80 Å². The molecule has 0 atom stereocenters. The molecule has 3 rings (SSSR count). The van der Waals surface area contributed by atoms with Crippen molar-refractivity contribution in [3.05, 3.63) is 47.5 Å². The molecule has 1 N–H and O–H groups in total. The predicted molar refractivity (Wildman–Crippen MR) is 91.9 cm³/mol. The highest BCUT2D eigenvalue weighted by molar-refractivity contribution is 9.08. The molecule has 0 unspecified atom stereocenters. The molecule has 1 heterocycles. The summed E-state index contributed by atoms with van der Waals surface area (Å²) in [5.41, 5.74) is 4.04. The molecule has 0 aliphatic heterocycles. The minimum absolute atomic E-state index is 0.163. The highest BCUT2D eigenvalue weighted by Gasteiger charge is 2.23. The Morgan fingerprint density at radius 1 is 1.09 bits per heavy atom. The molecule has 0 fully saturated rings. The van der Waals surface area contributed by atoms with E-state index in [1.54, 1.807) is 0 Å². The van der Waals surface area contributed by atoms with Crippen molar-refractivity contribution >= 4 is 27.0 Å². The second-order valence-electron chi connectivity index (χ2n) is 6.37. The zero-order valence-corrected chi connectivity index (χ0v) is 14.4. The van der Waals surface area contributed by atoms with Crippen LogP contribution < -0.4 is 0 Å². The molecule has 22 heavy (non-hydrogen) atoms. The van der Waals surface area contributed by atoms with Crippen LogP contribution in [0.5, 0.6) is 5.75 Å². The van der Waals surface area contributed by atoms with Crippen molar-refractivity contribution < 1.29 is 5.11 Å². The van der Waals surface area contributed by atoms with E-state index in [2.05, 4.69) is 46.9 Å². The molecule has 2 aromatic carbocycles. The van der Waals surface area contributed by atoms with E-state index in [4.69, 9.17) is 0 Å². The molecule has 0 spiro atoms. The summed E-state index contributed by atoms with van der Waals surface area (Å²) < 4.78 is 0.